The Labute approximate surface area is 918 Å². The fourth-order valence-corrected chi connectivity index (χ4v) is 29.4. The Morgan fingerprint density at radius 1 is 0.143 bits per heavy atom. The van der Waals surface area contributed by atoms with Crippen molar-refractivity contribution in [3.63, 3.8) is 0 Å². The van der Waals surface area contributed by atoms with Gasteiger partial charge in [-0.3, -0.25) is 0 Å². The number of rotatable bonds is 18. The van der Waals surface area contributed by atoms with Gasteiger partial charge in [0.1, 0.15) is 95.5 Å². The second-order valence-electron chi connectivity index (χ2n) is 28.6. The van der Waals surface area contributed by atoms with Crippen molar-refractivity contribution in [1.82, 2.24) is 0 Å². The molecule has 4 N–H and O–H groups in total. The van der Waals surface area contributed by atoms with Gasteiger partial charge in [-0.25, -0.2) is 16.8 Å². The smallest absolute Gasteiger partial charge is 1.00 e. The van der Waals surface area contributed by atoms with Gasteiger partial charge in [-0.15, -0.1) is 0 Å². The molecule has 0 aliphatic carbocycles. The zero-order valence-corrected chi connectivity index (χ0v) is 94.8. The van der Waals surface area contributed by atoms with Gasteiger partial charge in [-0.1, -0.05) is 328 Å². The summed E-state index contributed by atoms with van der Waals surface area (Å²) in [5.74, 6) is 0. The van der Waals surface area contributed by atoms with Crippen LogP contribution in [0.5, 0.6) is 0 Å². The average molecular weight is 3130 g/mol. The molecular formula is C110H100Au6F6O10P6S2+6. The largest absolute Gasteiger partial charge is 2.00 e. The van der Waals surface area contributed by atoms with Gasteiger partial charge in [0.05, 0.1) is 47.5 Å². The van der Waals surface area contributed by atoms with Gasteiger partial charge in [-0.05, 0) is 218 Å². The molecule has 0 fully saturated rings. The molecule has 0 bridgehead atoms. The molecule has 0 unspecified atom stereocenters. The van der Waals surface area contributed by atoms with Gasteiger partial charge in [0, 0.05) is 0 Å². The Morgan fingerprint density at radius 2 is 0.186 bits per heavy atom. The summed E-state index contributed by atoms with van der Waals surface area (Å²) in [5.41, 5.74) is -11.3. The Kier molecular flexibility index (Phi) is 65.2. The first-order chi connectivity index (χ1) is 63.2. The van der Waals surface area contributed by atoms with Gasteiger partial charge in [0.15, 0.2) is 20.2 Å². The van der Waals surface area contributed by atoms with Crippen LogP contribution in [0.2, 0.25) is 0 Å². The van der Waals surface area contributed by atoms with Crippen molar-refractivity contribution in [3.8, 4) is 0 Å². The van der Waals surface area contributed by atoms with E-state index in [0.29, 0.717) is 0 Å². The number of hydrogen-bond donors (Lipinski definition) is 0. The number of benzene rings is 18. The molecule has 0 spiro atoms. The molecule has 0 saturated heterocycles. The molecule has 18 rings (SSSR count). The van der Waals surface area contributed by atoms with E-state index in [2.05, 4.69) is 546 Å². The first kappa shape index (κ1) is 130. The average Bonchev–Trinajstić information content (AvgIpc) is 0.846. The maximum atomic E-state index is 10.7. The van der Waals surface area contributed by atoms with E-state index in [9.17, 15) is 26.3 Å². The van der Waals surface area contributed by atoms with E-state index < -0.39 is 78.8 Å². The maximum absolute atomic E-state index is 10.7. The van der Waals surface area contributed by atoms with Crippen LogP contribution >= 0.6 is 47.5 Å². The zero-order chi connectivity index (χ0) is 91.5. The summed E-state index contributed by atoms with van der Waals surface area (Å²) < 4.78 is 118. The molecule has 18 aromatic rings. The van der Waals surface area contributed by atoms with Gasteiger partial charge in [0.2, 0.25) is 0 Å². The van der Waals surface area contributed by atoms with Crippen molar-refractivity contribution in [2.45, 2.75) is 11.0 Å². The van der Waals surface area contributed by atoms with Crippen LogP contribution in [0.4, 0.5) is 26.3 Å². The second-order valence-corrected chi connectivity index (χ2v) is 46.3. The van der Waals surface area contributed by atoms with Gasteiger partial charge in [-0.2, -0.15) is 26.3 Å². The molecule has 0 amide bonds. The molecule has 0 atom stereocenters. The number of alkyl halides is 6. The van der Waals surface area contributed by atoms with Crippen LogP contribution in [-0.4, -0.2) is 47.9 Å². The van der Waals surface area contributed by atoms with Crippen LogP contribution in [-0.2, 0) is 165 Å². The Morgan fingerprint density at radius 3 is 0.221 bits per heavy atom. The van der Waals surface area contributed by atoms with Crippen LogP contribution in [0.25, 0.3) is 0 Å². The summed E-state index contributed by atoms with van der Waals surface area (Å²) in [5, 5.41) is 25.8. The standard InChI is InChI=1S/6C18H15P.2CHF3O3S.6Au.2H2O.2O/c6*1-4-10-16(11-5-1)19(17-12-6-2-7-13-17)18-14-8-3-9-15-18;2*2-1(3,4)8(5,6)7;;;;;;;;;;/h6*1-15H;2*(H,5,6,7);;;;;;;2*1H2;;/q;;;;;;;;6*+1;;;2*-2/p+4. The Balaban J connectivity index is 0.000000803. The molecule has 744 valence electrons. The van der Waals surface area contributed by atoms with E-state index >= 15 is 0 Å². The zero-order valence-electron chi connectivity index (χ0n) is 74.1. The van der Waals surface area contributed by atoms with Crippen molar-refractivity contribution in [2.24, 2.45) is 0 Å². The number of hydrogen-bond acceptors (Lipinski definition) is 6. The third-order valence-corrected chi connectivity index (χ3v) is 37.2. The van der Waals surface area contributed by atoms with Crippen molar-refractivity contribution < 1.29 is 208 Å². The fraction of sp³-hybridized carbons (Fsp3) is 0.0182. The van der Waals surface area contributed by atoms with Gasteiger partial charge < -0.3 is 31.0 Å². The quantitative estimate of drug-likeness (QED) is 0.0266. The second kappa shape index (κ2) is 70.1. The third kappa shape index (κ3) is 42.5. The predicted molar refractivity (Wildman–Crippen MR) is 559 cm³/mol. The fourth-order valence-electron chi connectivity index (χ4n) is 13.9. The van der Waals surface area contributed by atoms with Crippen LogP contribution in [0.1, 0.15) is 0 Å². The van der Waals surface area contributed by atoms with Crippen LogP contribution in [0.3, 0.4) is 0 Å². The van der Waals surface area contributed by atoms with E-state index in [1.807, 2.05) is 0 Å². The molecule has 0 heterocycles. The topological polar surface area (TPSA) is 234 Å². The van der Waals surface area contributed by atoms with Gasteiger partial charge >= 0.3 is 145 Å². The molecule has 30 heteroatoms. The summed E-state index contributed by atoms with van der Waals surface area (Å²) >= 11 is 0. The van der Waals surface area contributed by atoms with E-state index in [0.717, 1.165) is 0 Å². The minimum absolute atomic E-state index is 0. The van der Waals surface area contributed by atoms with Crippen LogP contribution in [0.15, 0.2) is 546 Å². The maximum Gasteiger partial charge on any atom is 1.00 e. The van der Waals surface area contributed by atoms with Crippen LogP contribution < -0.4 is 95.5 Å². The summed E-state index contributed by atoms with van der Waals surface area (Å²) in [6.07, 6.45) is 0. The molecule has 0 aromatic heterocycles. The first-order valence-corrected chi connectivity index (χ1v) is 53.3. The van der Waals surface area contributed by atoms with Crippen molar-refractivity contribution in [1.29, 1.82) is 0 Å². The summed E-state index contributed by atoms with van der Waals surface area (Å²) in [7, 11) is -17.4. The molecule has 0 aliphatic rings. The SMILES string of the molecule is O.O.O=S(=O)([O-])C(F)(F)F.O=S(=O)([O-])C(F)(F)F.[Au+].[Au+].[Au+].[Au+].[Au+].[Au+].[O-2].[O-2].c1ccc([PH+](c2ccccc2)c2ccccc2)cc1.c1ccc([PH+](c2ccccc2)c2ccccc2)cc1.c1ccc([PH+](c2ccccc2)c2ccccc2)cc1.c1ccc([PH+](c2ccccc2)c2ccccc2)cc1.c1ccc([PH+](c2ccccc2)c2ccccc2)cc1.c1ccc([PH+](c2ccccc2)c2ccccc2)cc1. The predicted octanol–water partition coefficient (Wildman–Crippen LogP) is 17.3. The van der Waals surface area contributed by atoms with Crippen molar-refractivity contribution >= 4 is 163 Å². The van der Waals surface area contributed by atoms with E-state index in [4.69, 9.17) is 25.9 Å². The third-order valence-electron chi connectivity index (χ3n) is 19.7. The molecule has 0 aliphatic heterocycles. The first-order valence-electron chi connectivity index (χ1n) is 41.4. The van der Waals surface area contributed by atoms with Crippen molar-refractivity contribution in [2.75, 3.05) is 0 Å². The molecule has 18 aromatic carbocycles. The number of halogens is 6. The molecule has 140 heavy (non-hydrogen) atoms. The Bertz CT molecular complexity index is 4920. The molecule has 0 saturated carbocycles. The summed E-state index contributed by atoms with van der Waals surface area (Å²) in [6.45, 7) is 0. The Hall–Kier alpha value is -7.78. The normalized spacial score (nSPS) is 10.2. The monoisotopic (exact) mass is 3130 g/mol. The van der Waals surface area contributed by atoms with E-state index in [1.54, 1.807) is 0 Å². The van der Waals surface area contributed by atoms with Crippen molar-refractivity contribution in [3.05, 3.63) is 546 Å². The minimum atomic E-state index is -6.09. The summed E-state index contributed by atoms with van der Waals surface area (Å²) in [4.78, 5) is 0. The van der Waals surface area contributed by atoms with E-state index in [-0.39, 0.29) is 156 Å². The van der Waals surface area contributed by atoms with Gasteiger partial charge in [0.25, 0.3) is 0 Å². The minimum Gasteiger partial charge on any atom is -2.00 e. The van der Waals surface area contributed by atoms with Crippen LogP contribution in [0, 0.1) is 0 Å². The molecular weight excluding hydrogens is 3030 g/mol. The summed E-state index contributed by atoms with van der Waals surface area (Å²) in [6, 6.07) is 195. The molecule has 0 radical (unpaired) electrons. The van der Waals surface area contributed by atoms with E-state index in [1.165, 1.54) is 95.5 Å². The molecule has 10 nitrogen and oxygen atoms in total.